The van der Waals surface area contributed by atoms with E-state index in [-0.39, 0.29) is 6.61 Å². The molecule has 0 aliphatic carbocycles. The quantitative estimate of drug-likeness (QED) is 0.162. The van der Waals surface area contributed by atoms with E-state index < -0.39 is 40.3 Å². The van der Waals surface area contributed by atoms with Gasteiger partial charge < -0.3 is 14.2 Å². The summed E-state index contributed by atoms with van der Waals surface area (Å²) in [5, 5.41) is 15.1. The van der Waals surface area contributed by atoms with Crippen LogP contribution in [0.4, 0.5) is 0 Å². The maximum Gasteiger partial charge on any atom is 0.265 e. The summed E-state index contributed by atoms with van der Waals surface area (Å²) in [4.78, 5) is 5.60. The van der Waals surface area contributed by atoms with Gasteiger partial charge >= 0.3 is 0 Å². The highest BCUT2D eigenvalue weighted by Crippen LogP contribution is 2.33. The van der Waals surface area contributed by atoms with Crippen LogP contribution in [0.15, 0.2) is 40.6 Å². The minimum absolute atomic E-state index is 0.155. The van der Waals surface area contributed by atoms with E-state index in [1.807, 2.05) is 30.3 Å². The van der Waals surface area contributed by atoms with Gasteiger partial charge in [0.25, 0.3) is 3.79 Å². The Morgan fingerprint density at radius 2 is 1.79 bits per heavy atom. The molecule has 13 heteroatoms. The summed E-state index contributed by atoms with van der Waals surface area (Å²) < 4.78 is 14.7. The molecule has 0 radical (unpaired) electrons. The Balaban J connectivity index is 2.30. The van der Waals surface area contributed by atoms with Crippen molar-refractivity contribution in [1.29, 1.82) is 5.41 Å². The maximum absolute atomic E-state index is 8.97. The molecule has 5 atom stereocenters. The lowest BCUT2D eigenvalue weighted by Crippen LogP contribution is -2.57. The van der Waals surface area contributed by atoms with Crippen LogP contribution >= 0.6 is 34.8 Å². The summed E-state index contributed by atoms with van der Waals surface area (Å²) in [5.74, 6) is -0.711. The molecule has 0 bridgehead atoms. The van der Waals surface area contributed by atoms with E-state index >= 15 is 0 Å². The van der Waals surface area contributed by atoms with E-state index in [2.05, 4.69) is 20.1 Å². The number of nitrogens with zero attached hydrogens (tertiary/aromatic N) is 6. The fourth-order valence-corrected chi connectivity index (χ4v) is 2.77. The van der Waals surface area contributed by atoms with Crippen LogP contribution in [0, 0.1) is 5.41 Å². The zero-order valence-corrected chi connectivity index (χ0v) is 16.8. The molecule has 1 heterocycles. The number of benzene rings is 1. The summed E-state index contributed by atoms with van der Waals surface area (Å²) in [7, 11) is 0. The van der Waals surface area contributed by atoms with Gasteiger partial charge in [-0.05, 0) is 23.5 Å². The number of ether oxygens (including phenoxy) is 3. The minimum Gasteiger partial charge on any atom is -0.448 e. The molecule has 1 saturated heterocycles. The van der Waals surface area contributed by atoms with Crippen molar-refractivity contribution in [2.75, 3.05) is 0 Å². The molecule has 0 amide bonds. The zero-order valence-electron chi connectivity index (χ0n) is 14.5. The lowest BCUT2D eigenvalue weighted by Gasteiger charge is -2.42. The Labute approximate surface area is 175 Å². The molecule has 1 aliphatic rings. The van der Waals surface area contributed by atoms with Crippen LogP contribution in [-0.2, 0) is 20.8 Å². The second-order valence-corrected chi connectivity index (χ2v) is 8.09. The van der Waals surface area contributed by atoms with Crippen LogP contribution in [0.25, 0.3) is 20.9 Å². The van der Waals surface area contributed by atoms with E-state index in [0.717, 1.165) is 5.56 Å². The molecular formula is C15H16Cl3N7O3. The molecule has 0 unspecified atom stereocenters. The van der Waals surface area contributed by atoms with E-state index in [1.54, 1.807) is 6.92 Å². The number of azide groups is 2. The van der Waals surface area contributed by atoms with Crippen molar-refractivity contribution in [3.05, 3.63) is 56.8 Å². The first-order chi connectivity index (χ1) is 13.3. The van der Waals surface area contributed by atoms with Gasteiger partial charge in [0.2, 0.25) is 12.2 Å². The molecule has 0 aromatic heterocycles. The third-order valence-corrected chi connectivity index (χ3v) is 4.44. The van der Waals surface area contributed by atoms with Crippen molar-refractivity contribution in [3.63, 3.8) is 0 Å². The van der Waals surface area contributed by atoms with Crippen LogP contribution in [0.3, 0.4) is 0 Å². The Hall–Kier alpha value is -1.90. The molecule has 1 N–H and O–H groups in total. The molecule has 0 spiro atoms. The Kier molecular flexibility index (Phi) is 8.03. The van der Waals surface area contributed by atoms with Gasteiger partial charge in [0.05, 0.1) is 24.9 Å². The Morgan fingerprint density at radius 3 is 2.36 bits per heavy atom. The fraction of sp³-hybridized carbons (Fsp3) is 0.533. The molecule has 1 fully saturated rings. The van der Waals surface area contributed by atoms with Gasteiger partial charge in [-0.1, -0.05) is 75.4 Å². The SMILES string of the molecule is C[C@H]1O[C@H](OC(=N)C(Cl)(Cl)Cl)[C@H](N=[N+]=[N-])[C@@H](OCc2ccccc2)[C@@H]1N=[N+]=[N-]. The largest absolute Gasteiger partial charge is 0.448 e. The minimum atomic E-state index is -2.13. The number of rotatable bonds is 6. The third-order valence-electron chi connectivity index (χ3n) is 3.93. The first kappa shape index (κ1) is 22.4. The number of hydrogen-bond acceptors (Lipinski definition) is 6. The zero-order chi connectivity index (χ0) is 20.7. The standard InChI is InChI=1S/C15H16Cl3N7O3/c1-8-10(22-24-20)12(26-7-9-5-3-2-4-6-9)11(23-25-21)13(27-8)28-14(19)15(16,17)18/h2-6,8,10-13,19H,7H2,1H3/t8-,10-,11-,12+,13-/m1/s1. The van der Waals surface area contributed by atoms with Crippen molar-refractivity contribution in [2.24, 2.45) is 10.2 Å². The third kappa shape index (κ3) is 5.80. The van der Waals surface area contributed by atoms with Crippen molar-refractivity contribution in [3.8, 4) is 0 Å². The van der Waals surface area contributed by atoms with Crippen LogP contribution in [0.2, 0.25) is 0 Å². The molecule has 150 valence electrons. The van der Waals surface area contributed by atoms with E-state index in [4.69, 9.17) is 65.5 Å². The molecule has 1 aromatic carbocycles. The molecule has 1 aromatic rings. The van der Waals surface area contributed by atoms with E-state index in [0.29, 0.717) is 0 Å². The van der Waals surface area contributed by atoms with Crippen LogP contribution < -0.4 is 0 Å². The molecule has 0 saturated carbocycles. The lowest BCUT2D eigenvalue weighted by atomic mass is 9.96. The molecule has 1 aliphatic heterocycles. The molecular weight excluding hydrogens is 433 g/mol. The summed E-state index contributed by atoms with van der Waals surface area (Å²) in [6.45, 7) is 1.78. The number of nitrogens with one attached hydrogen (secondary N) is 1. The maximum atomic E-state index is 8.97. The second-order valence-electron chi connectivity index (χ2n) is 5.81. The summed E-state index contributed by atoms with van der Waals surface area (Å²) in [6.07, 6.45) is -2.86. The number of halogens is 3. The number of hydrogen-bond donors (Lipinski definition) is 1. The van der Waals surface area contributed by atoms with Gasteiger partial charge in [-0.15, -0.1) is 0 Å². The van der Waals surface area contributed by atoms with E-state index in [1.165, 1.54) is 0 Å². The smallest absolute Gasteiger partial charge is 0.265 e. The first-order valence-corrected chi connectivity index (χ1v) is 9.13. The van der Waals surface area contributed by atoms with Crippen LogP contribution in [0.5, 0.6) is 0 Å². The van der Waals surface area contributed by atoms with Gasteiger partial charge in [0, 0.05) is 9.82 Å². The van der Waals surface area contributed by atoms with Crippen molar-refractivity contribution < 1.29 is 14.2 Å². The number of alkyl halides is 3. The fourth-order valence-electron chi connectivity index (χ4n) is 2.64. The topological polar surface area (TPSA) is 149 Å². The van der Waals surface area contributed by atoms with Gasteiger partial charge in [-0.3, -0.25) is 5.41 Å². The van der Waals surface area contributed by atoms with Gasteiger partial charge in [0.15, 0.2) is 0 Å². The highest BCUT2D eigenvalue weighted by molar-refractivity contribution is 6.76. The average Bonchev–Trinajstić information content (AvgIpc) is 2.64. The van der Waals surface area contributed by atoms with Crippen LogP contribution in [0.1, 0.15) is 12.5 Å². The highest BCUT2D eigenvalue weighted by Gasteiger charge is 2.47. The first-order valence-electron chi connectivity index (χ1n) is 7.99. The predicted molar refractivity (Wildman–Crippen MR) is 104 cm³/mol. The average molecular weight is 449 g/mol. The van der Waals surface area contributed by atoms with E-state index in [9.17, 15) is 0 Å². The van der Waals surface area contributed by atoms with Crippen molar-refractivity contribution in [2.45, 2.75) is 47.9 Å². The lowest BCUT2D eigenvalue weighted by molar-refractivity contribution is -0.207. The normalized spacial score (nSPS) is 27.2. The van der Waals surface area contributed by atoms with Crippen LogP contribution in [-0.4, -0.2) is 40.3 Å². The summed E-state index contributed by atoms with van der Waals surface area (Å²) in [6, 6.07) is 7.32. The van der Waals surface area contributed by atoms with Crippen molar-refractivity contribution >= 4 is 40.7 Å². The van der Waals surface area contributed by atoms with Gasteiger partial charge in [-0.25, -0.2) is 0 Å². The highest BCUT2D eigenvalue weighted by atomic mass is 35.6. The van der Waals surface area contributed by atoms with Gasteiger partial charge in [0.1, 0.15) is 6.04 Å². The summed E-state index contributed by atoms with van der Waals surface area (Å²) in [5.41, 5.74) is 18.7. The predicted octanol–water partition coefficient (Wildman–Crippen LogP) is 5.04. The second kappa shape index (κ2) is 10.0. The Morgan fingerprint density at radius 1 is 1.18 bits per heavy atom. The molecule has 2 rings (SSSR count). The monoisotopic (exact) mass is 447 g/mol. The molecule has 10 nitrogen and oxygen atoms in total. The van der Waals surface area contributed by atoms with Gasteiger partial charge in [-0.2, -0.15) is 0 Å². The summed E-state index contributed by atoms with van der Waals surface area (Å²) >= 11 is 16.9. The molecule has 28 heavy (non-hydrogen) atoms. The Bertz CT molecular complexity index is 779. The van der Waals surface area contributed by atoms with Crippen molar-refractivity contribution in [1.82, 2.24) is 0 Å².